The predicted molar refractivity (Wildman–Crippen MR) is 157 cm³/mol. The first-order valence-electron chi connectivity index (χ1n) is 12.0. The fourth-order valence-corrected chi connectivity index (χ4v) is 3.81. The Morgan fingerprint density at radius 1 is 0.488 bits per heavy atom. The van der Waals surface area contributed by atoms with Gasteiger partial charge in [0.25, 0.3) is 0 Å². The average Bonchev–Trinajstić information content (AvgIpc) is 2.96. The molecule has 1 radical (unpaired) electrons. The number of hydrogen-bond donors (Lipinski definition) is 0. The van der Waals surface area contributed by atoms with E-state index in [1.165, 1.54) is 0 Å². The Morgan fingerprint density at radius 2 is 0.829 bits per heavy atom. The molecule has 0 spiro atoms. The summed E-state index contributed by atoms with van der Waals surface area (Å²) in [5, 5.41) is 27.8. The van der Waals surface area contributed by atoms with E-state index in [9.17, 15) is 10.2 Å². The zero-order valence-electron chi connectivity index (χ0n) is 21.6. The first-order chi connectivity index (χ1) is 18.7. The number of fused-ring (bicyclic) bond motifs is 2. The van der Waals surface area contributed by atoms with Gasteiger partial charge in [0.1, 0.15) is 0 Å². The molecule has 6 rings (SSSR count). The average molecular weight is 590 g/mol. The zero-order chi connectivity index (χ0) is 26.2. The maximum atomic E-state index is 11.9. The Morgan fingerprint density at radius 3 is 1.17 bits per heavy atom. The van der Waals surface area contributed by atoms with Crippen LogP contribution in [0, 0.1) is 0 Å². The van der Waals surface area contributed by atoms with E-state index in [2.05, 4.69) is 20.0 Å². The second-order valence-electron chi connectivity index (χ2n) is 8.37. The third-order valence-electron chi connectivity index (χ3n) is 5.73. The summed E-state index contributed by atoms with van der Waals surface area (Å²) in [7, 11) is 0. The Labute approximate surface area is 247 Å². The van der Waals surface area contributed by atoms with Gasteiger partial charge in [-0.1, -0.05) is 84.3 Å². The van der Waals surface area contributed by atoms with Crippen molar-refractivity contribution >= 4 is 45.6 Å². The van der Waals surface area contributed by atoms with Gasteiger partial charge in [-0.25, -0.2) is 20.0 Å². The Hall–Kier alpha value is -4.93. The molecular weight excluding hydrogens is 563 g/mol. The Balaban J connectivity index is 0.000000267. The summed E-state index contributed by atoms with van der Waals surface area (Å²) in [6.45, 7) is 0. The molecule has 41 heavy (non-hydrogen) atoms. The van der Waals surface area contributed by atoms with Crippen LogP contribution in [0.4, 0.5) is 11.6 Å². The molecule has 9 heteroatoms. The summed E-state index contributed by atoms with van der Waals surface area (Å²) in [5.74, 6) is 1.13. The third kappa shape index (κ3) is 8.52. The topological polar surface area (TPSA) is 160 Å². The van der Waals surface area contributed by atoms with Gasteiger partial charge in [-0.15, -0.1) is 0 Å². The minimum absolute atomic E-state index is 0. The van der Waals surface area contributed by atoms with Crippen molar-refractivity contribution in [2.24, 2.45) is 9.98 Å². The summed E-state index contributed by atoms with van der Waals surface area (Å²) in [4.78, 5) is 16.6. The SMILES string of the molecule is O.O.[Co+2].[O-]c1cc2ccccc2cc1/C=N/c1ccccn1.[O-]c1cc2ccccc2cc1/C=N/c1ccccn1. The van der Waals surface area contributed by atoms with Crippen LogP contribution in [-0.4, -0.2) is 33.3 Å². The van der Waals surface area contributed by atoms with Crippen molar-refractivity contribution in [1.82, 2.24) is 9.97 Å². The molecular formula is C32H26CoN4O4. The normalized spacial score (nSPS) is 10.3. The van der Waals surface area contributed by atoms with Gasteiger partial charge in [-0.3, -0.25) is 0 Å². The number of aromatic nitrogens is 2. The molecule has 0 amide bonds. The van der Waals surface area contributed by atoms with Gasteiger partial charge in [0.15, 0.2) is 11.6 Å². The van der Waals surface area contributed by atoms with Crippen LogP contribution in [0.15, 0.2) is 132 Å². The summed E-state index contributed by atoms with van der Waals surface area (Å²) in [5.41, 5.74) is 1.15. The number of pyridine rings is 2. The van der Waals surface area contributed by atoms with Crippen LogP contribution in [0.3, 0.4) is 0 Å². The van der Waals surface area contributed by atoms with Crippen LogP contribution in [0.1, 0.15) is 11.1 Å². The zero-order valence-corrected chi connectivity index (χ0v) is 22.7. The van der Waals surface area contributed by atoms with Gasteiger partial charge in [0.05, 0.1) is 0 Å². The molecule has 0 saturated heterocycles. The molecule has 0 fully saturated rings. The Bertz CT molecular complexity index is 1620. The van der Waals surface area contributed by atoms with E-state index in [1.807, 2.05) is 84.9 Å². The molecule has 4 aromatic carbocycles. The molecule has 8 nitrogen and oxygen atoms in total. The van der Waals surface area contributed by atoms with Crippen LogP contribution < -0.4 is 10.2 Å². The fraction of sp³-hybridized carbons (Fsp3) is 0. The quantitative estimate of drug-likeness (QED) is 0.278. The van der Waals surface area contributed by atoms with Crippen molar-refractivity contribution in [3.63, 3.8) is 0 Å². The number of benzene rings is 4. The summed E-state index contributed by atoms with van der Waals surface area (Å²) >= 11 is 0. The van der Waals surface area contributed by atoms with Crippen molar-refractivity contribution in [3.05, 3.63) is 133 Å². The summed E-state index contributed by atoms with van der Waals surface area (Å²) < 4.78 is 0. The van der Waals surface area contributed by atoms with Crippen LogP contribution in [0.25, 0.3) is 21.5 Å². The first-order valence-corrected chi connectivity index (χ1v) is 12.0. The van der Waals surface area contributed by atoms with Gasteiger partial charge in [0, 0.05) is 24.8 Å². The molecule has 4 N–H and O–H groups in total. The van der Waals surface area contributed by atoms with Crippen LogP contribution in [-0.2, 0) is 16.8 Å². The van der Waals surface area contributed by atoms with Crippen LogP contribution >= 0.6 is 0 Å². The van der Waals surface area contributed by atoms with Gasteiger partial charge < -0.3 is 21.2 Å². The number of rotatable bonds is 4. The maximum Gasteiger partial charge on any atom is 2.00 e. The van der Waals surface area contributed by atoms with Gasteiger partial charge in [-0.2, -0.15) is 0 Å². The molecule has 2 heterocycles. The molecule has 0 unspecified atom stereocenters. The predicted octanol–water partition coefficient (Wildman–Crippen LogP) is 4.47. The molecule has 6 aromatic rings. The van der Waals surface area contributed by atoms with E-state index in [4.69, 9.17) is 0 Å². The monoisotopic (exact) mass is 589 g/mol. The van der Waals surface area contributed by atoms with E-state index in [1.54, 1.807) is 49.1 Å². The number of nitrogens with zero attached hydrogens (tertiary/aromatic N) is 4. The van der Waals surface area contributed by atoms with Crippen LogP contribution in [0.2, 0.25) is 0 Å². The van der Waals surface area contributed by atoms with Crippen molar-refractivity contribution in [1.29, 1.82) is 0 Å². The summed E-state index contributed by atoms with van der Waals surface area (Å²) in [6, 6.07) is 33.5. The summed E-state index contributed by atoms with van der Waals surface area (Å²) in [6.07, 6.45) is 6.48. The fourth-order valence-electron chi connectivity index (χ4n) is 3.81. The van der Waals surface area contributed by atoms with E-state index in [0.29, 0.717) is 22.8 Å². The molecule has 0 bridgehead atoms. The van der Waals surface area contributed by atoms with Crippen molar-refractivity contribution in [2.75, 3.05) is 0 Å². The van der Waals surface area contributed by atoms with Gasteiger partial charge in [0.2, 0.25) is 0 Å². The van der Waals surface area contributed by atoms with Crippen molar-refractivity contribution in [3.8, 4) is 11.5 Å². The van der Waals surface area contributed by atoms with Crippen molar-refractivity contribution < 1.29 is 37.9 Å². The molecule has 0 aliphatic heterocycles. The van der Waals surface area contributed by atoms with Gasteiger partial charge >= 0.3 is 16.8 Å². The van der Waals surface area contributed by atoms with E-state index in [0.717, 1.165) is 21.5 Å². The molecule has 0 saturated carbocycles. The second-order valence-corrected chi connectivity index (χ2v) is 8.37. The van der Waals surface area contributed by atoms with E-state index < -0.39 is 0 Å². The molecule has 0 atom stereocenters. The first kappa shape index (κ1) is 32.3. The molecule has 0 aliphatic rings. The standard InChI is InChI=1S/2C16H12N2O.Co.2H2O/c2*19-15-10-13-6-2-1-5-12(13)9-14(15)11-18-16-7-3-4-8-17-16;;;/h2*1-11,19H;;2*1H2/q;;+2;;/p-2/b2*18-11+;;;. The maximum absolute atomic E-state index is 11.9. The van der Waals surface area contributed by atoms with E-state index in [-0.39, 0.29) is 39.2 Å². The van der Waals surface area contributed by atoms with Crippen molar-refractivity contribution in [2.45, 2.75) is 0 Å². The third-order valence-corrected chi connectivity index (χ3v) is 5.73. The molecule has 2 aromatic heterocycles. The van der Waals surface area contributed by atoms with E-state index >= 15 is 0 Å². The molecule has 0 aliphatic carbocycles. The Kier molecular flexibility index (Phi) is 12.3. The van der Waals surface area contributed by atoms with Gasteiger partial charge in [-0.05, 0) is 69.1 Å². The minimum atomic E-state index is -0.0293. The smallest absolute Gasteiger partial charge is 0.872 e. The number of hydrogen-bond acceptors (Lipinski definition) is 6. The largest absolute Gasteiger partial charge is 2.00 e. The number of aliphatic imine (C=N–C) groups is 2. The van der Waals surface area contributed by atoms with Crippen LogP contribution in [0.5, 0.6) is 11.5 Å². The molecule has 207 valence electrons. The minimum Gasteiger partial charge on any atom is -0.872 e. The second kappa shape index (κ2) is 15.6.